The molecule has 2 unspecified atom stereocenters. The fourth-order valence-electron chi connectivity index (χ4n) is 2.67. The van der Waals surface area contributed by atoms with E-state index in [-0.39, 0.29) is 6.04 Å². The molecule has 1 saturated heterocycles. The van der Waals surface area contributed by atoms with Crippen LogP contribution in [0.5, 0.6) is 0 Å². The van der Waals surface area contributed by atoms with Gasteiger partial charge < -0.3 is 10.5 Å². The molecule has 0 aromatic carbocycles. The van der Waals surface area contributed by atoms with Crippen LogP contribution in [0.25, 0.3) is 11.2 Å². The molecule has 0 bridgehead atoms. The summed E-state index contributed by atoms with van der Waals surface area (Å²) in [6.07, 6.45) is 2.89. The van der Waals surface area contributed by atoms with Gasteiger partial charge in [-0.2, -0.15) is 0 Å². The van der Waals surface area contributed by atoms with Crippen LogP contribution in [0, 0.1) is 12.8 Å². The van der Waals surface area contributed by atoms with E-state index >= 15 is 0 Å². The number of rotatable bonds is 2. The zero-order valence-corrected chi connectivity index (χ0v) is 10.8. The van der Waals surface area contributed by atoms with Gasteiger partial charge in [0.05, 0.1) is 6.61 Å². The van der Waals surface area contributed by atoms with Gasteiger partial charge in [0.2, 0.25) is 5.95 Å². The number of anilines is 1. The molecule has 0 aliphatic carbocycles. The number of aromatic nitrogens is 3. The van der Waals surface area contributed by atoms with E-state index in [1.165, 1.54) is 0 Å². The van der Waals surface area contributed by atoms with E-state index in [4.69, 9.17) is 10.5 Å². The molecule has 0 saturated carbocycles. The molecular weight excluding hydrogens is 228 g/mol. The Morgan fingerprint density at radius 3 is 3.11 bits per heavy atom. The Labute approximate surface area is 106 Å². The van der Waals surface area contributed by atoms with Crippen LogP contribution in [-0.2, 0) is 4.74 Å². The largest absolute Gasteiger partial charge is 0.381 e. The van der Waals surface area contributed by atoms with Gasteiger partial charge in [-0.3, -0.25) is 4.57 Å². The molecule has 18 heavy (non-hydrogen) atoms. The second-order valence-electron chi connectivity index (χ2n) is 5.00. The molecule has 1 aliphatic rings. The van der Waals surface area contributed by atoms with Crippen LogP contribution >= 0.6 is 0 Å². The summed E-state index contributed by atoms with van der Waals surface area (Å²) in [6, 6.07) is 2.23. The number of ether oxygens (including phenoxy) is 1. The average Bonchev–Trinajstić information content (AvgIpc) is 2.96. The van der Waals surface area contributed by atoms with Crippen molar-refractivity contribution in [2.24, 2.45) is 5.92 Å². The quantitative estimate of drug-likeness (QED) is 0.879. The zero-order chi connectivity index (χ0) is 12.7. The summed E-state index contributed by atoms with van der Waals surface area (Å²) in [5.74, 6) is 1.04. The van der Waals surface area contributed by atoms with Crippen LogP contribution in [0.2, 0.25) is 0 Å². The van der Waals surface area contributed by atoms with Crippen molar-refractivity contribution in [3.8, 4) is 0 Å². The first-order valence-corrected chi connectivity index (χ1v) is 6.35. The Hall–Kier alpha value is -1.62. The molecular formula is C13H18N4O. The summed E-state index contributed by atoms with van der Waals surface area (Å²) in [7, 11) is 0. The van der Waals surface area contributed by atoms with Gasteiger partial charge >= 0.3 is 0 Å². The maximum Gasteiger partial charge on any atom is 0.202 e. The Balaban J connectivity index is 2.10. The molecule has 5 heteroatoms. The third-order valence-corrected chi connectivity index (χ3v) is 3.86. The maximum absolute atomic E-state index is 6.06. The normalized spacial score (nSPS) is 21.6. The standard InChI is InChI=1S/C13H18N4O/c1-8-3-5-15-12-11(8)16-13(14)17(12)9(2)10-4-6-18-7-10/h3,5,9-10H,4,6-7H2,1-2H3,(H2,14,16). The van der Waals surface area contributed by atoms with E-state index in [2.05, 4.69) is 16.9 Å². The van der Waals surface area contributed by atoms with E-state index < -0.39 is 0 Å². The Morgan fingerprint density at radius 1 is 1.56 bits per heavy atom. The van der Waals surface area contributed by atoms with Crippen LogP contribution in [0.4, 0.5) is 5.95 Å². The predicted molar refractivity (Wildman–Crippen MR) is 70.3 cm³/mol. The van der Waals surface area contributed by atoms with E-state index in [0.717, 1.165) is 36.4 Å². The van der Waals surface area contributed by atoms with Crippen molar-refractivity contribution in [1.29, 1.82) is 0 Å². The molecule has 5 nitrogen and oxygen atoms in total. The van der Waals surface area contributed by atoms with Gasteiger partial charge in [-0.15, -0.1) is 0 Å². The molecule has 0 spiro atoms. The molecule has 0 radical (unpaired) electrons. The highest BCUT2D eigenvalue weighted by Gasteiger charge is 2.26. The molecule has 1 aliphatic heterocycles. The highest BCUT2D eigenvalue weighted by atomic mass is 16.5. The lowest BCUT2D eigenvalue weighted by molar-refractivity contribution is 0.176. The number of hydrogen-bond acceptors (Lipinski definition) is 4. The van der Waals surface area contributed by atoms with Gasteiger partial charge in [0.15, 0.2) is 5.65 Å². The first-order chi connectivity index (χ1) is 8.68. The van der Waals surface area contributed by atoms with Gasteiger partial charge in [-0.25, -0.2) is 9.97 Å². The van der Waals surface area contributed by atoms with Crippen molar-refractivity contribution in [2.75, 3.05) is 18.9 Å². The third kappa shape index (κ3) is 1.66. The second kappa shape index (κ2) is 4.24. The number of hydrogen-bond donors (Lipinski definition) is 1. The SMILES string of the molecule is Cc1ccnc2c1nc(N)n2C(C)C1CCOC1. The fourth-order valence-corrected chi connectivity index (χ4v) is 2.67. The zero-order valence-electron chi connectivity index (χ0n) is 10.8. The Morgan fingerprint density at radius 2 is 2.39 bits per heavy atom. The monoisotopic (exact) mass is 246 g/mol. The number of pyridine rings is 1. The van der Waals surface area contributed by atoms with Crippen LogP contribution in [0.1, 0.15) is 24.9 Å². The van der Waals surface area contributed by atoms with Crippen molar-refractivity contribution in [1.82, 2.24) is 14.5 Å². The van der Waals surface area contributed by atoms with Crippen molar-refractivity contribution in [2.45, 2.75) is 26.3 Å². The van der Waals surface area contributed by atoms with Crippen molar-refractivity contribution >= 4 is 17.1 Å². The summed E-state index contributed by atoms with van der Waals surface area (Å²) < 4.78 is 7.50. The lowest BCUT2D eigenvalue weighted by Gasteiger charge is -2.20. The average molecular weight is 246 g/mol. The Bertz CT molecular complexity index is 572. The second-order valence-corrected chi connectivity index (χ2v) is 5.00. The Kier molecular flexibility index (Phi) is 2.70. The van der Waals surface area contributed by atoms with Crippen molar-refractivity contribution in [3.63, 3.8) is 0 Å². The summed E-state index contributed by atoms with van der Waals surface area (Å²) in [5.41, 5.74) is 8.96. The first kappa shape index (κ1) is 11.5. The van der Waals surface area contributed by atoms with Crippen LogP contribution in [0.15, 0.2) is 12.3 Å². The molecule has 2 N–H and O–H groups in total. The maximum atomic E-state index is 6.06. The highest BCUT2D eigenvalue weighted by Crippen LogP contribution is 2.31. The first-order valence-electron chi connectivity index (χ1n) is 6.35. The molecule has 1 fully saturated rings. The van der Waals surface area contributed by atoms with Gasteiger partial charge in [0, 0.05) is 24.8 Å². The number of nitrogens with zero attached hydrogens (tertiary/aromatic N) is 3. The van der Waals surface area contributed by atoms with E-state index in [1.54, 1.807) is 0 Å². The summed E-state index contributed by atoms with van der Waals surface area (Å²) in [5, 5.41) is 0. The minimum atomic E-state index is 0.270. The smallest absolute Gasteiger partial charge is 0.202 e. The fraction of sp³-hybridized carbons (Fsp3) is 0.538. The van der Waals surface area contributed by atoms with Crippen molar-refractivity contribution in [3.05, 3.63) is 17.8 Å². The van der Waals surface area contributed by atoms with E-state index in [1.807, 2.05) is 23.8 Å². The molecule has 2 aromatic heterocycles. The van der Waals surface area contributed by atoms with Gasteiger partial charge in [-0.1, -0.05) is 0 Å². The molecule has 3 rings (SSSR count). The number of aryl methyl sites for hydroxylation is 1. The molecule has 2 aromatic rings. The van der Waals surface area contributed by atoms with E-state index in [9.17, 15) is 0 Å². The molecule has 3 heterocycles. The summed E-state index contributed by atoms with van der Waals surface area (Å²) in [4.78, 5) is 8.88. The number of imidazole rings is 1. The summed E-state index contributed by atoms with van der Waals surface area (Å²) in [6.45, 7) is 5.84. The predicted octanol–water partition coefficient (Wildman–Crippen LogP) is 1.92. The lowest BCUT2D eigenvalue weighted by atomic mass is 10.0. The number of fused-ring (bicyclic) bond motifs is 1. The molecule has 96 valence electrons. The number of nitrogen functional groups attached to an aromatic ring is 1. The topological polar surface area (TPSA) is 66.0 Å². The lowest BCUT2D eigenvalue weighted by Crippen LogP contribution is -2.18. The van der Waals surface area contributed by atoms with Crippen LogP contribution < -0.4 is 5.73 Å². The van der Waals surface area contributed by atoms with Crippen molar-refractivity contribution < 1.29 is 4.74 Å². The molecule has 2 atom stereocenters. The minimum absolute atomic E-state index is 0.270. The third-order valence-electron chi connectivity index (χ3n) is 3.86. The number of nitrogens with two attached hydrogens (primary N) is 1. The minimum Gasteiger partial charge on any atom is -0.381 e. The highest BCUT2D eigenvalue weighted by molar-refractivity contribution is 5.77. The van der Waals surface area contributed by atoms with Gasteiger partial charge in [0.1, 0.15) is 5.52 Å². The molecule has 0 amide bonds. The van der Waals surface area contributed by atoms with Crippen LogP contribution in [-0.4, -0.2) is 27.7 Å². The van der Waals surface area contributed by atoms with Crippen LogP contribution in [0.3, 0.4) is 0 Å². The van der Waals surface area contributed by atoms with Gasteiger partial charge in [-0.05, 0) is 31.9 Å². The van der Waals surface area contributed by atoms with Gasteiger partial charge in [0.25, 0.3) is 0 Å². The summed E-state index contributed by atoms with van der Waals surface area (Å²) >= 11 is 0. The van der Waals surface area contributed by atoms with E-state index in [0.29, 0.717) is 11.9 Å².